The molecular weight excluding hydrogens is 528 g/mol. The van der Waals surface area contributed by atoms with Crippen molar-refractivity contribution in [3.63, 3.8) is 0 Å². The number of hydrogen-bond donors (Lipinski definition) is 2. The fourth-order valence-corrected chi connectivity index (χ4v) is 7.64. The third kappa shape index (κ3) is 5.61. The van der Waals surface area contributed by atoms with Crippen molar-refractivity contribution in [2.24, 2.45) is 5.92 Å². The van der Waals surface area contributed by atoms with Crippen molar-refractivity contribution in [2.75, 3.05) is 64.7 Å². The number of benzene rings is 1. The fourth-order valence-electron chi connectivity index (χ4n) is 7.64. The number of nitrogens with one attached hydrogen (secondary N) is 2. The molecule has 42 heavy (non-hydrogen) atoms. The second-order valence-electron chi connectivity index (χ2n) is 13.0. The maximum absolute atomic E-state index is 13.4. The Labute approximate surface area is 250 Å². The van der Waals surface area contributed by atoms with Gasteiger partial charge in [0.15, 0.2) is 0 Å². The molecule has 2 atom stereocenters. The number of fused-ring (bicyclic) bond motifs is 1. The monoisotopic (exact) mass is 574 g/mol. The molecule has 3 fully saturated rings. The molecule has 6 rings (SSSR count). The SMILES string of the molecule is CC(=O)N1CCC(N2CCC(c3ccc4c(c3)/C(=C/C3NC(C)=C(C(=O)N5CCN(C)CC5)C3C)C(=O)N4)CC2)CC1. The maximum atomic E-state index is 13.4. The van der Waals surface area contributed by atoms with Gasteiger partial charge in [-0.2, -0.15) is 0 Å². The van der Waals surface area contributed by atoms with Gasteiger partial charge in [0.1, 0.15) is 0 Å². The van der Waals surface area contributed by atoms with Crippen molar-refractivity contribution in [1.82, 2.24) is 24.9 Å². The predicted octanol–water partition coefficient (Wildman–Crippen LogP) is 2.87. The van der Waals surface area contributed by atoms with Gasteiger partial charge in [0, 0.05) is 86.2 Å². The molecule has 0 aromatic heterocycles. The molecule has 226 valence electrons. The van der Waals surface area contributed by atoms with E-state index in [1.54, 1.807) is 6.92 Å². The van der Waals surface area contributed by atoms with Crippen molar-refractivity contribution >= 4 is 29.0 Å². The number of likely N-dealkylation sites (N-methyl/N-ethyl adjacent to an activating group) is 1. The molecule has 2 unspecified atom stereocenters. The van der Waals surface area contributed by atoms with E-state index in [4.69, 9.17) is 0 Å². The Balaban J connectivity index is 1.12. The van der Waals surface area contributed by atoms with Crippen LogP contribution in [0.3, 0.4) is 0 Å². The number of nitrogens with zero attached hydrogens (tertiary/aromatic N) is 4. The number of likely N-dealkylation sites (tertiary alicyclic amines) is 2. The molecule has 5 heterocycles. The van der Waals surface area contributed by atoms with Crippen molar-refractivity contribution in [3.05, 3.63) is 46.7 Å². The first kappa shape index (κ1) is 28.9. The first-order chi connectivity index (χ1) is 20.2. The first-order valence-electron chi connectivity index (χ1n) is 15.8. The molecule has 5 aliphatic rings. The van der Waals surface area contributed by atoms with E-state index < -0.39 is 0 Å². The number of carbonyl (C=O) groups excluding carboxylic acids is 3. The van der Waals surface area contributed by atoms with Gasteiger partial charge in [-0.05, 0) is 82.4 Å². The highest BCUT2D eigenvalue weighted by atomic mass is 16.2. The molecule has 1 aromatic rings. The molecule has 3 saturated heterocycles. The van der Waals surface area contributed by atoms with Gasteiger partial charge in [-0.15, -0.1) is 0 Å². The van der Waals surface area contributed by atoms with Crippen LogP contribution in [-0.4, -0.2) is 109 Å². The third-order valence-electron chi connectivity index (χ3n) is 10.4. The van der Waals surface area contributed by atoms with Crippen LogP contribution in [0.25, 0.3) is 5.57 Å². The van der Waals surface area contributed by atoms with Gasteiger partial charge in [-0.25, -0.2) is 0 Å². The van der Waals surface area contributed by atoms with Crippen LogP contribution in [0.4, 0.5) is 5.69 Å². The van der Waals surface area contributed by atoms with Gasteiger partial charge >= 0.3 is 0 Å². The lowest BCUT2D eigenvalue weighted by molar-refractivity contribution is -0.130. The molecule has 1 aromatic carbocycles. The Morgan fingerprint density at radius 3 is 2.29 bits per heavy atom. The second kappa shape index (κ2) is 11.8. The summed E-state index contributed by atoms with van der Waals surface area (Å²) in [5.74, 6) is 0.696. The van der Waals surface area contributed by atoms with Crippen LogP contribution >= 0.6 is 0 Å². The van der Waals surface area contributed by atoms with Gasteiger partial charge in [-0.3, -0.25) is 14.4 Å². The highest BCUT2D eigenvalue weighted by Gasteiger charge is 2.37. The van der Waals surface area contributed by atoms with Crippen LogP contribution < -0.4 is 10.6 Å². The van der Waals surface area contributed by atoms with Crippen LogP contribution in [0, 0.1) is 5.92 Å². The average Bonchev–Trinajstić information content (AvgIpc) is 3.46. The van der Waals surface area contributed by atoms with Crippen LogP contribution in [0.15, 0.2) is 35.5 Å². The summed E-state index contributed by atoms with van der Waals surface area (Å²) >= 11 is 0. The zero-order valence-corrected chi connectivity index (χ0v) is 25.6. The Morgan fingerprint density at radius 2 is 1.62 bits per heavy atom. The molecule has 0 aliphatic carbocycles. The number of rotatable bonds is 4. The van der Waals surface area contributed by atoms with Crippen LogP contribution in [0.5, 0.6) is 0 Å². The third-order valence-corrected chi connectivity index (χ3v) is 10.4. The van der Waals surface area contributed by atoms with Crippen LogP contribution in [-0.2, 0) is 14.4 Å². The van der Waals surface area contributed by atoms with E-state index in [2.05, 4.69) is 52.6 Å². The Bertz CT molecular complexity index is 1300. The van der Waals surface area contributed by atoms with Crippen molar-refractivity contribution in [2.45, 2.75) is 64.5 Å². The van der Waals surface area contributed by atoms with Gasteiger partial charge in [0.2, 0.25) is 5.91 Å². The number of piperazine rings is 1. The average molecular weight is 575 g/mol. The van der Waals surface area contributed by atoms with E-state index in [-0.39, 0.29) is 29.7 Å². The number of anilines is 1. The summed E-state index contributed by atoms with van der Waals surface area (Å²) in [7, 11) is 2.09. The minimum Gasteiger partial charge on any atom is -0.381 e. The lowest BCUT2D eigenvalue weighted by Gasteiger charge is -2.41. The lowest BCUT2D eigenvalue weighted by atomic mass is 9.86. The minimum absolute atomic E-state index is 0.0173. The molecule has 3 amide bonds. The molecule has 0 bridgehead atoms. The van der Waals surface area contributed by atoms with E-state index in [1.807, 2.05) is 22.8 Å². The number of piperidine rings is 2. The summed E-state index contributed by atoms with van der Waals surface area (Å²) in [5, 5.41) is 6.59. The van der Waals surface area contributed by atoms with Crippen LogP contribution in [0.1, 0.15) is 63.5 Å². The molecule has 0 saturated carbocycles. The van der Waals surface area contributed by atoms with E-state index in [1.165, 1.54) is 5.56 Å². The zero-order chi connectivity index (χ0) is 29.5. The fraction of sp³-hybridized carbons (Fsp3) is 0.606. The molecular formula is C33H46N6O3. The van der Waals surface area contributed by atoms with Gasteiger partial charge in [-0.1, -0.05) is 13.0 Å². The standard InChI is InChI=1S/C33H46N6O3/c1-21-30(34-22(2)31(21)33(42)39-17-15-36(4)16-18-39)20-28-27-19-25(5-6-29(27)35-32(28)41)24-7-11-38(12-8-24)26-9-13-37(14-10-26)23(3)40/h5-6,19-21,24,26,30,34H,7-18H2,1-4H3,(H,35,41)/b28-20-. The van der Waals surface area contributed by atoms with E-state index >= 15 is 0 Å². The topological polar surface area (TPSA) is 88.2 Å². The van der Waals surface area contributed by atoms with E-state index in [9.17, 15) is 14.4 Å². The van der Waals surface area contributed by atoms with E-state index in [0.29, 0.717) is 17.5 Å². The summed E-state index contributed by atoms with van der Waals surface area (Å²) in [6, 6.07) is 6.93. The molecule has 2 N–H and O–H groups in total. The Kier molecular flexibility index (Phi) is 8.16. The lowest BCUT2D eigenvalue weighted by Crippen LogP contribution is -2.48. The Hall–Kier alpha value is -3.17. The summed E-state index contributed by atoms with van der Waals surface area (Å²) < 4.78 is 0. The molecule has 9 nitrogen and oxygen atoms in total. The predicted molar refractivity (Wildman–Crippen MR) is 165 cm³/mol. The maximum Gasteiger partial charge on any atom is 0.256 e. The summed E-state index contributed by atoms with van der Waals surface area (Å²) in [6.07, 6.45) is 6.38. The van der Waals surface area contributed by atoms with Gasteiger partial charge in [0.05, 0.1) is 6.04 Å². The number of amides is 3. The van der Waals surface area contributed by atoms with Crippen molar-refractivity contribution in [3.8, 4) is 0 Å². The zero-order valence-electron chi connectivity index (χ0n) is 25.6. The smallest absolute Gasteiger partial charge is 0.256 e. The highest BCUT2D eigenvalue weighted by molar-refractivity contribution is 6.31. The summed E-state index contributed by atoms with van der Waals surface area (Å²) in [5.41, 5.74) is 5.60. The number of allylic oxidation sites excluding steroid dienone is 1. The highest BCUT2D eigenvalue weighted by Crippen LogP contribution is 2.39. The number of hydrogen-bond acceptors (Lipinski definition) is 6. The van der Waals surface area contributed by atoms with Gasteiger partial charge in [0.25, 0.3) is 11.8 Å². The van der Waals surface area contributed by atoms with Crippen molar-refractivity contribution < 1.29 is 14.4 Å². The quantitative estimate of drug-likeness (QED) is 0.538. The van der Waals surface area contributed by atoms with Crippen LogP contribution in [0.2, 0.25) is 0 Å². The van der Waals surface area contributed by atoms with E-state index in [0.717, 1.165) is 101 Å². The normalized spacial score (nSPS) is 27.4. The first-order valence-corrected chi connectivity index (χ1v) is 15.8. The summed E-state index contributed by atoms with van der Waals surface area (Å²) in [4.78, 5) is 47.1. The van der Waals surface area contributed by atoms with Crippen molar-refractivity contribution in [1.29, 1.82) is 0 Å². The molecule has 0 spiro atoms. The largest absolute Gasteiger partial charge is 0.381 e. The molecule has 0 radical (unpaired) electrons. The molecule has 5 aliphatic heterocycles. The Morgan fingerprint density at radius 1 is 0.929 bits per heavy atom. The number of carbonyl (C=O) groups is 3. The van der Waals surface area contributed by atoms with Gasteiger partial charge < -0.3 is 30.2 Å². The minimum atomic E-state index is -0.107. The molecule has 9 heteroatoms. The summed E-state index contributed by atoms with van der Waals surface area (Å²) in [6.45, 7) is 12.9. The second-order valence-corrected chi connectivity index (χ2v) is 13.0.